The van der Waals surface area contributed by atoms with Gasteiger partial charge in [-0.1, -0.05) is 13.2 Å². The summed E-state index contributed by atoms with van der Waals surface area (Å²) in [7, 11) is 0. The van der Waals surface area contributed by atoms with Crippen molar-refractivity contribution in [3.8, 4) is 0 Å². The molecule has 0 amide bonds. The quantitative estimate of drug-likeness (QED) is 0.424. The maximum absolute atomic E-state index is 10.2. The summed E-state index contributed by atoms with van der Waals surface area (Å²) < 4.78 is 4.46. The van der Waals surface area contributed by atoms with E-state index in [0.29, 0.717) is 19.5 Å². The highest BCUT2D eigenvalue weighted by molar-refractivity contribution is 5.85. The van der Waals surface area contributed by atoms with Gasteiger partial charge in [-0.15, -0.1) is 0 Å². The predicted molar refractivity (Wildman–Crippen MR) is 60.7 cm³/mol. The molecule has 0 spiro atoms. The van der Waals surface area contributed by atoms with E-state index in [4.69, 9.17) is 16.6 Å². The van der Waals surface area contributed by atoms with Crippen LogP contribution in [0.5, 0.6) is 0 Å². The lowest BCUT2D eigenvalue weighted by Crippen LogP contribution is -2.11. The second-order valence-electron chi connectivity index (χ2n) is 2.61. The molecule has 0 aliphatic heterocycles. The molecule has 0 atom stereocenters. The van der Waals surface area contributed by atoms with Crippen LogP contribution in [-0.4, -0.2) is 36.7 Å². The number of carboxylic acid groups (broad SMARTS) is 1. The minimum atomic E-state index is -0.963. The van der Waals surface area contributed by atoms with Crippen molar-refractivity contribution in [1.29, 1.82) is 0 Å². The van der Waals surface area contributed by atoms with E-state index < -0.39 is 11.9 Å². The zero-order chi connectivity index (χ0) is 13.0. The van der Waals surface area contributed by atoms with Gasteiger partial charge in [0.05, 0.1) is 0 Å². The lowest BCUT2D eigenvalue weighted by Gasteiger charge is -1.94. The van der Waals surface area contributed by atoms with Crippen LogP contribution in [0.15, 0.2) is 24.8 Å². The number of nitrogens with two attached hydrogens (primary N) is 2. The van der Waals surface area contributed by atoms with Gasteiger partial charge in [0.25, 0.3) is 0 Å². The van der Waals surface area contributed by atoms with Crippen LogP contribution in [-0.2, 0) is 14.3 Å². The zero-order valence-electron chi connectivity index (χ0n) is 9.15. The average molecular weight is 230 g/mol. The number of aliphatic carboxylic acids is 1. The first kappa shape index (κ1) is 16.8. The van der Waals surface area contributed by atoms with Crippen molar-refractivity contribution in [3.63, 3.8) is 0 Å². The summed E-state index contributed by atoms with van der Waals surface area (Å²) in [6.07, 6.45) is 1.48. The molecule has 0 rings (SSSR count). The number of rotatable bonds is 6. The summed E-state index contributed by atoms with van der Waals surface area (Å²) in [6.45, 7) is 7.44. The van der Waals surface area contributed by atoms with Crippen molar-refractivity contribution < 1.29 is 19.4 Å². The molecule has 0 fully saturated rings. The molecular formula is C10H18N2O4. The summed E-state index contributed by atoms with van der Waals surface area (Å²) in [5, 5.41) is 8.16. The molecule has 6 nitrogen and oxygen atoms in total. The van der Waals surface area contributed by atoms with Gasteiger partial charge in [0.1, 0.15) is 6.61 Å². The number of carboxylic acids is 1. The van der Waals surface area contributed by atoms with Crippen molar-refractivity contribution in [1.82, 2.24) is 0 Å². The van der Waals surface area contributed by atoms with Gasteiger partial charge in [-0.2, -0.15) is 0 Å². The van der Waals surface area contributed by atoms with Gasteiger partial charge in [0.2, 0.25) is 0 Å². The standard InChI is InChI=1S/2C5H9NO2/c1-4(2-3-6)5(7)8;1-2-5(7)8-4-3-6/h1-3,6H2,(H,7,8);2H,1,3-4,6H2. The minimum absolute atomic E-state index is 0.174. The van der Waals surface area contributed by atoms with E-state index in [1.165, 1.54) is 0 Å². The molecule has 0 aliphatic rings. The maximum Gasteiger partial charge on any atom is 0.330 e. The minimum Gasteiger partial charge on any atom is -0.478 e. The van der Waals surface area contributed by atoms with Gasteiger partial charge >= 0.3 is 11.9 Å². The Kier molecular flexibility index (Phi) is 12.0. The van der Waals surface area contributed by atoms with E-state index in [1.807, 2.05) is 0 Å². The largest absolute Gasteiger partial charge is 0.478 e. The van der Waals surface area contributed by atoms with Crippen molar-refractivity contribution in [2.24, 2.45) is 11.5 Å². The predicted octanol–water partition coefficient (Wildman–Crippen LogP) is -0.350. The molecule has 0 radical (unpaired) electrons. The Morgan fingerprint density at radius 2 is 1.88 bits per heavy atom. The molecule has 0 bridgehead atoms. The van der Waals surface area contributed by atoms with E-state index in [2.05, 4.69) is 17.9 Å². The Labute approximate surface area is 94.6 Å². The highest BCUT2D eigenvalue weighted by Crippen LogP contribution is 1.93. The Hall–Kier alpha value is -1.66. The summed E-state index contributed by atoms with van der Waals surface area (Å²) in [4.78, 5) is 20.1. The Balaban J connectivity index is 0. The Bertz CT molecular complexity index is 249. The van der Waals surface area contributed by atoms with Crippen LogP contribution in [0, 0.1) is 0 Å². The molecule has 0 aromatic rings. The first-order valence-corrected chi connectivity index (χ1v) is 4.60. The lowest BCUT2D eigenvalue weighted by molar-refractivity contribution is -0.137. The van der Waals surface area contributed by atoms with Crippen LogP contribution in [0.2, 0.25) is 0 Å². The Morgan fingerprint density at radius 3 is 2.12 bits per heavy atom. The van der Waals surface area contributed by atoms with Gasteiger partial charge in [-0.25, -0.2) is 9.59 Å². The smallest absolute Gasteiger partial charge is 0.330 e. The molecule has 0 aliphatic carbocycles. The summed E-state index contributed by atoms with van der Waals surface area (Å²) >= 11 is 0. The number of carbonyl (C=O) groups excluding carboxylic acids is 1. The number of hydrogen-bond donors (Lipinski definition) is 3. The fraction of sp³-hybridized carbons (Fsp3) is 0.400. The number of esters is 1. The van der Waals surface area contributed by atoms with Gasteiger partial charge in [-0.05, 0) is 13.0 Å². The fourth-order valence-electron chi connectivity index (χ4n) is 0.500. The highest BCUT2D eigenvalue weighted by atomic mass is 16.5. The third-order valence-electron chi connectivity index (χ3n) is 1.28. The molecule has 6 heteroatoms. The van der Waals surface area contributed by atoms with E-state index in [9.17, 15) is 9.59 Å². The third-order valence-corrected chi connectivity index (χ3v) is 1.28. The SMILES string of the molecule is C=C(CCN)C(=O)O.C=CC(=O)OCCN. The molecule has 0 unspecified atom stereocenters. The fourth-order valence-corrected chi connectivity index (χ4v) is 0.500. The number of ether oxygens (including phenoxy) is 1. The molecule has 0 saturated heterocycles. The van der Waals surface area contributed by atoms with Crippen molar-refractivity contribution in [2.75, 3.05) is 19.7 Å². The number of hydrogen-bond acceptors (Lipinski definition) is 5. The van der Waals surface area contributed by atoms with Crippen LogP contribution < -0.4 is 11.5 Å². The second kappa shape index (κ2) is 11.4. The van der Waals surface area contributed by atoms with E-state index in [0.717, 1.165) is 6.08 Å². The molecule has 0 aromatic carbocycles. The van der Waals surface area contributed by atoms with E-state index in [-0.39, 0.29) is 12.2 Å². The van der Waals surface area contributed by atoms with Crippen molar-refractivity contribution in [2.45, 2.75) is 6.42 Å². The monoisotopic (exact) mass is 230 g/mol. The van der Waals surface area contributed by atoms with Gasteiger partial charge in [0.15, 0.2) is 0 Å². The lowest BCUT2D eigenvalue weighted by atomic mass is 10.2. The molecule has 0 saturated carbocycles. The van der Waals surface area contributed by atoms with Crippen LogP contribution in [0.4, 0.5) is 0 Å². The Morgan fingerprint density at radius 1 is 1.31 bits per heavy atom. The van der Waals surface area contributed by atoms with Crippen LogP contribution in [0.1, 0.15) is 6.42 Å². The summed E-state index contributed by atoms with van der Waals surface area (Å²) in [6, 6.07) is 0. The summed E-state index contributed by atoms with van der Waals surface area (Å²) in [5.74, 6) is -1.38. The highest BCUT2D eigenvalue weighted by Gasteiger charge is 1.99. The van der Waals surface area contributed by atoms with Gasteiger partial charge in [0, 0.05) is 18.2 Å². The first-order valence-electron chi connectivity index (χ1n) is 4.60. The van der Waals surface area contributed by atoms with Gasteiger partial charge < -0.3 is 21.3 Å². The second-order valence-corrected chi connectivity index (χ2v) is 2.61. The van der Waals surface area contributed by atoms with Crippen LogP contribution in [0.25, 0.3) is 0 Å². The van der Waals surface area contributed by atoms with Crippen LogP contribution in [0.3, 0.4) is 0 Å². The average Bonchev–Trinajstić information content (AvgIpc) is 2.27. The molecule has 5 N–H and O–H groups in total. The van der Waals surface area contributed by atoms with Crippen molar-refractivity contribution >= 4 is 11.9 Å². The van der Waals surface area contributed by atoms with E-state index in [1.54, 1.807) is 0 Å². The molecular weight excluding hydrogens is 212 g/mol. The first-order chi connectivity index (χ1) is 7.49. The van der Waals surface area contributed by atoms with Crippen molar-refractivity contribution in [3.05, 3.63) is 24.8 Å². The molecule has 92 valence electrons. The maximum atomic E-state index is 10.2. The third kappa shape index (κ3) is 12.3. The molecule has 0 heterocycles. The topological polar surface area (TPSA) is 116 Å². The van der Waals surface area contributed by atoms with E-state index >= 15 is 0 Å². The summed E-state index contributed by atoms with van der Waals surface area (Å²) in [5.41, 5.74) is 10.2. The number of carbonyl (C=O) groups is 2. The molecule has 16 heavy (non-hydrogen) atoms. The zero-order valence-corrected chi connectivity index (χ0v) is 9.15. The normalized spacial score (nSPS) is 8.38. The van der Waals surface area contributed by atoms with Crippen LogP contribution >= 0.6 is 0 Å². The molecule has 0 aromatic heterocycles. The van der Waals surface area contributed by atoms with Gasteiger partial charge in [-0.3, -0.25) is 0 Å².